The molecule has 1 heterocycles. The van der Waals surface area contributed by atoms with Gasteiger partial charge in [0.2, 0.25) is 10.0 Å². The first-order valence-electron chi connectivity index (χ1n) is 5.50. The lowest BCUT2D eigenvalue weighted by Crippen LogP contribution is -2.22. The molecule has 8 heteroatoms. The fourth-order valence-corrected chi connectivity index (χ4v) is 3.03. The summed E-state index contributed by atoms with van der Waals surface area (Å²) in [5.41, 5.74) is 1.03. The predicted molar refractivity (Wildman–Crippen MR) is 73.3 cm³/mol. The second-order valence-electron chi connectivity index (χ2n) is 4.03. The van der Waals surface area contributed by atoms with Crippen LogP contribution < -0.4 is 0 Å². The molecular weight excluding hydrogens is 284 g/mol. The maximum absolute atomic E-state index is 11.9. The first-order valence-corrected chi connectivity index (χ1v) is 7.93. The van der Waals surface area contributed by atoms with Gasteiger partial charge in [0.25, 0.3) is 0 Å². The average molecular weight is 298 g/mol. The van der Waals surface area contributed by atoms with Crippen molar-refractivity contribution in [2.24, 2.45) is 0 Å². The summed E-state index contributed by atoms with van der Waals surface area (Å²) in [6.07, 6.45) is 1.65. The summed E-state index contributed by atoms with van der Waals surface area (Å²) in [5, 5.41) is 11.0. The summed E-state index contributed by atoms with van der Waals surface area (Å²) in [4.78, 5) is 0.299. The number of aromatic nitrogens is 3. The molecule has 19 heavy (non-hydrogen) atoms. The summed E-state index contributed by atoms with van der Waals surface area (Å²) in [7, 11) is -0.318. The number of hydrogen-bond acceptors (Lipinski definition) is 5. The number of thioether (sulfide) groups is 1. The van der Waals surface area contributed by atoms with Crippen molar-refractivity contribution < 1.29 is 8.42 Å². The molecule has 0 atom stereocenters. The molecule has 6 nitrogen and oxygen atoms in total. The molecule has 0 bridgehead atoms. The second kappa shape index (κ2) is 5.72. The SMILES string of the molecule is CN(C)S(=O)(=O)c1ccc(CSc2cn[nH]n2)cc1. The number of benzene rings is 1. The Labute approximate surface area is 116 Å². The first kappa shape index (κ1) is 14.0. The monoisotopic (exact) mass is 298 g/mol. The Morgan fingerprint density at radius 2 is 1.95 bits per heavy atom. The quantitative estimate of drug-likeness (QED) is 0.843. The highest BCUT2D eigenvalue weighted by Gasteiger charge is 2.16. The largest absolute Gasteiger partial charge is 0.242 e. The summed E-state index contributed by atoms with van der Waals surface area (Å²) >= 11 is 1.54. The zero-order chi connectivity index (χ0) is 13.9. The van der Waals surface area contributed by atoms with Crippen LogP contribution in [0.4, 0.5) is 0 Å². The molecule has 1 aromatic heterocycles. The minimum absolute atomic E-state index is 0.299. The van der Waals surface area contributed by atoms with E-state index in [2.05, 4.69) is 15.4 Å². The predicted octanol–water partition coefficient (Wildman–Crippen LogP) is 1.35. The van der Waals surface area contributed by atoms with Crippen LogP contribution >= 0.6 is 11.8 Å². The Balaban J connectivity index is 2.07. The topological polar surface area (TPSA) is 79.0 Å². The standard InChI is InChI=1S/C11H14N4O2S2/c1-15(2)19(16,17)10-5-3-9(4-6-10)8-18-11-7-12-14-13-11/h3-7H,8H2,1-2H3,(H,12,13,14). The fraction of sp³-hybridized carbons (Fsp3) is 0.273. The van der Waals surface area contributed by atoms with Crippen molar-refractivity contribution in [3.8, 4) is 0 Å². The average Bonchev–Trinajstić information content (AvgIpc) is 2.90. The van der Waals surface area contributed by atoms with Crippen LogP contribution in [0.3, 0.4) is 0 Å². The van der Waals surface area contributed by atoms with Crippen LogP contribution in [0.2, 0.25) is 0 Å². The van der Waals surface area contributed by atoms with Gasteiger partial charge in [0.15, 0.2) is 0 Å². The van der Waals surface area contributed by atoms with Crippen LogP contribution in [-0.2, 0) is 15.8 Å². The number of aromatic amines is 1. The Morgan fingerprint density at radius 3 is 2.47 bits per heavy atom. The summed E-state index contributed by atoms with van der Waals surface area (Å²) in [5.74, 6) is 0.717. The third-order valence-electron chi connectivity index (χ3n) is 2.48. The molecule has 0 radical (unpaired) electrons. The molecule has 0 aliphatic heterocycles. The van der Waals surface area contributed by atoms with E-state index < -0.39 is 10.0 Å². The number of sulfonamides is 1. The summed E-state index contributed by atoms with van der Waals surface area (Å²) in [6, 6.07) is 6.86. The van der Waals surface area contributed by atoms with Crippen LogP contribution in [0.15, 0.2) is 40.4 Å². The molecule has 0 fully saturated rings. The van der Waals surface area contributed by atoms with Gasteiger partial charge in [0.1, 0.15) is 5.03 Å². The molecule has 1 N–H and O–H groups in total. The van der Waals surface area contributed by atoms with E-state index in [1.54, 1.807) is 18.3 Å². The van der Waals surface area contributed by atoms with Crippen LogP contribution in [-0.4, -0.2) is 42.2 Å². The third kappa shape index (κ3) is 3.34. The van der Waals surface area contributed by atoms with Crippen LogP contribution in [0.5, 0.6) is 0 Å². The molecule has 0 aliphatic rings. The van der Waals surface area contributed by atoms with E-state index in [0.717, 1.165) is 16.3 Å². The number of H-pyrrole nitrogens is 1. The molecule has 0 amide bonds. The van der Waals surface area contributed by atoms with Crippen LogP contribution in [0.25, 0.3) is 0 Å². The van der Waals surface area contributed by atoms with Crippen molar-refractivity contribution >= 4 is 21.8 Å². The van der Waals surface area contributed by atoms with Crippen molar-refractivity contribution in [3.05, 3.63) is 36.0 Å². The number of rotatable bonds is 5. The Bertz CT molecular complexity index is 621. The van der Waals surface area contributed by atoms with E-state index in [9.17, 15) is 8.42 Å². The lowest BCUT2D eigenvalue weighted by molar-refractivity contribution is 0.521. The van der Waals surface area contributed by atoms with Gasteiger partial charge in [-0.2, -0.15) is 10.3 Å². The van der Waals surface area contributed by atoms with Crippen molar-refractivity contribution in [1.82, 2.24) is 19.7 Å². The van der Waals surface area contributed by atoms with E-state index in [1.165, 1.54) is 30.2 Å². The zero-order valence-electron chi connectivity index (χ0n) is 10.6. The molecule has 0 aliphatic carbocycles. The van der Waals surface area contributed by atoms with E-state index in [4.69, 9.17) is 0 Å². The third-order valence-corrected chi connectivity index (χ3v) is 5.28. The maximum Gasteiger partial charge on any atom is 0.242 e. The van der Waals surface area contributed by atoms with E-state index in [-0.39, 0.29) is 0 Å². The van der Waals surface area contributed by atoms with Crippen molar-refractivity contribution in [2.45, 2.75) is 15.7 Å². The maximum atomic E-state index is 11.9. The van der Waals surface area contributed by atoms with Gasteiger partial charge in [-0.1, -0.05) is 23.9 Å². The Hall–Kier alpha value is -1.38. The van der Waals surface area contributed by atoms with Crippen LogP contribution in [0.1, 0.15) is 5.56 Å². The minimum atomic E-state index is -3.35. The van der Waals surface area contributed by atoms with Crippen molar-refractivity contribution in [3.63, 3.8) is 0 Å². The molecule has 2 rings (SSSR count). The molecule has 102 valence electrons. The molecule has 0 unspecified atom stereocenters. The number of nitrogens with zero attached hydrogens (tertiary/aromatic N) is 3. The first-order chi connectivity index (χ1) is 9.00. The fourth-order valence-electron chi connectivity index (χ4n) is 1.39. The number of nitrogens with one attached hydrogen (secondary N) is 1. The van der Waals surface area contributed by atoms with Crippen molar-refractivity contribution in [2.75, 3.05) is 14.1 Å². The lowest BCUT2D eigenvalue weighted by atomic mass is 10.2. The van der Waals surface area contributed by atoms with Gasteiger partial charge in [-0.15, -0.1) is 5.10 Å². The zero-order valence-corrected chi connectivity index (χ0v) is 12.2. The molecule has 1 aromatic carbocycles. The molecule has 2 aromatic rings. The van der Waals surface area contributed by atoms with E-state index in [1.807, 2.05) is 12.1 Å². The van der Waals surface area contributed by atoms with Gasteiger partial charge in [-0.25, -0.2) is 12.7 Å². The molecule has 0 spiro atoms. The van der Waals surface area contributed by atoms with Gasteiger partial charge in [-0.05, 0) is 17.7 Å². The molecule has 0 saturated heterocycles. The Morgan fingerprint density at radius 1 is 1.26 bits per heavy atom. The van der Waals surface area contributed by atoms with Crippen molar-refractivity contribution in [1.29, 1.82) is 0 Å². The van der Waals surface area contributed by atoms with Gasteiger partial charge in [0, 0.05) is 19.8 Å². The lowest BCUT2D eigenvalue weighted by Gasteiger charge is -2.11. The van der Waals surface area contributed by atoms with E-state index in [0.29, 0.717) is 4.90 Å². The highest BCUT2D eigenvalue weighted by molar-refractivity contribution is 7.98. The number of hydrogen-bond donors (Lipinski definition) is 1. The molecular formula is C11H14N4O2S2. The second-order valence-corrected chi connectivity index (χ2v) is 7.18. The minimum Gasteiger partial charge on any atom is -0.207 e. The van der Waals surface area contributed by atoms with Gasteiger partial charge >= 0.3 is 0 Å². The smallest absolute Gasteiger partial charge is 0.207 e. The van der Waals surface area contributed by atoms with Gasteiger partial charge < -0.3 is 0 Å². The molecule has 0 saturated carbocycles. The van der Waals surface area contributed by atoms with E-state index >= 15 is 0 Å². The highest BCUT2D eigenvalue weighted by Crippen LogP contribution is 2.21. The summed E-state index contributed by atoms with van der Waals surface area (Å²) < 4.78 is 25.0. The summed E-state index contributed by atoms with van der Waals surface area (Å²) in [6.45, 7) is 0. The van der Waals surface area contributed by atoms with Gasteiger partial charge in [0.05, 0.1) is 11.1 Å². The highest BCUT2D eigenvalue weighted by atomic mass is 32.2. The Kier molecular flexibility index (Phi) is 4.23. The normalized spacial score (nSPS) is 11.9. The van der Waals surface area contributed by atoms with Gasteiger partial charge in [-0.3, -0.25) is 0 Å². The van der Waals surface area contributed by atoms with Crippen LogP contribution in [0, 0.1) is 0 Å².